The summed E-state index contributed by atoms with van der Waals surface area (Å²) in [5.41, 5.74) is 0.539. The number of hydrogen-bond donors (Lipinski definition) is 1. The number of hydrogen-bond acceptors (Lipinski definition) is 7. The molecule has 9 heteroatoms. The molecule has 1 aliphatic carbocycles. The van der Waals surface area contributed by atoms with Crippen molar-refractivity contribution in [2.24, 2.45) is 0 Å². The summed E-state index contributed by atoms with van der Waals surface area (Å²) in [5.74, 6) is 0.533. The molecule has 3 rings (SSSR count). The van der Waals surface area contributed by atoms with Crippen LogP contribution in [-0.4, -0.2) is 30.7 Å². The number of nitrogens with zero attached hydrogens (tertiary/aromatic N) is 2. The molecular weight excluding hydrogens is 382 g/mol. The van der Waals surface area contributed by atoms with Crippen LogP contribution in [0.4, 0.5) is 11.4 Å². The number of para-hydroxylation sites is 1. The van der Waals surface area contributed by atoms with Crippen molar-refractivity contribution in [3.8, 4) is 5.88 Å². The fraction of sp³-hybridized carbons (Fsp3) is 0.421. The van der Waals surface area contributed by atoms with Crippen LogP contribution in [0.1, 0.15) is 37.7 Å². The van der Waals surface area contributed by atoms with E-state index in [1.54, 1.807) is 18.3 Å². The molecule has 1 aromatic heterocycles. The normalized spacial score (nSPS) is 15.2. The number of rotatable bonds is 7. The van der Waals surface area contributed by atoms with Gasteiger partial charge in [-0.2, -0.15) is 0 Å². The number of sulfone groups is 1. The number of ether oxygens (including phenoxy) is 1. The zero-order valence-electron chi connectivity index (χ0n) is 15.6. The van der Waals surface area contributed by atoms with E-state index < -0.39 is 20.4 Å². The third-order valence-electron chi connectivity index (χ3n) is 4.70. The van der Waals surface area contributed by atoms with Crippen LogP contribution in [0.15, 0.2) is 41.4 Å². The zero-order chi connectivity index (χ0) is 20.1. The van der Waals surface area contributed by atoms with Gasteiger partial charge in [0.05, 0.1) is 4.92 Å². The van der Waals surface area contributed by atoms with E-state index in [2.05, 4.69) is 10.3 Å². The number of benzene rings is 1. The Morgan fingerprint density at radius 1 is 1.25 bits per heavy atom. The summed E-state index contributed by atoms with van der Waals surface area (Å²) in [6.07, 6.45) is 8.37. The third-order valence-corrected chi connectivity index (χ3v) is 5.83. The number of nitrogens with one attached hydrogen (secondary N) is 1. The highest BCUT2D eigenvalue weighted by Gasteiger charge is 2.26. The van der Waals surface area contributed by atoms with Gasteiger partial charge >= 0.3 is 5.69 Å². The van der Waals surface area contributed by atoms with Crippen LogP contribution >= 0.6 is 0 Å². The van der Waals surface area contributed by atoms with E-state index in [0.29, 0.717) is 5.88 Å². The van der Waals surface area contributed by atoms with Crippen LogP contribution in [0.5, 0.6) is 5.88 Å². The maximum Gasteiger partial charge on any atom is 0.310 e. The van der Waals surface area contributed by atoms with Crippen LogP contribution in [-0.2, 0) is 16.4 Å². The highest BCUT2D eigenvalue weighted by Crippen LogP contribution is 2.32. The monoisotopic (exact) mass is 405 g/mol. The van der Waals surface area contributed by atoms with Crippen LogP contribution in [0.2, 0.25) is 0 Å². The lowest BCUT2D eigenvalue weighted by atomic mass is 9.98. The second-order valence-corrected chi connectivity index (χ2v) is 8.90. The van der Waals surface area contributed by atoms with Crippen LogP contribution in [0, 0.1) is 10.1 Å². The molecule has 1 fully saturated rings. The van der Waals surface area contributed by atoms with E-state index in [1.807, 2.05) is 0 Å². The predicted octanol–water partition coefficient (Wildman–Crippen LogP) is 3.72. The average Bonchev–Trinajstić information content (AvgIpc) is 2.66. The fourth-order valence-corrected chi connectivity index (χ4v) is 4.19. The maximum absolute atomic E-state index is 11.9. The van der Waals surface area contributed by atoms with Gasteiger partial charge in [0.2, 0.25) is 5.88 Å². The molecule has 2 aromatic rings. The molecule has 150 valence electrons. The molecule has 0 saturated heterocycles. The molecule has 1 saturated carbocycles. The Morgan fingerprint density at radius 3 is 2.68 bits per heavy atom. The van der Waals surface area contributed by atoms with Crippen molar-refractivity contribution in [2.75, 3.05) is 11.6 Å². The lowest BCUT2D eigenvalue weighted by Gasteiger charge is -2.22. The summed E-state index contributed by atoms with van der Waals surface area (Å²) in [7, 11) is -3.72. The number of aromatic nitrogens is 1. The van der Waals surface area contributed by atoms with E-state index in [0.717, 1.165) is 37.5 Å². The van der Waals surface area contributed by atoms with Gasteiger partial charge in [0.25, 0.3) is 0 Å². The molecule has 0 radical (unpaired) electrons. The molecule has 28 heavy (non-hydrogen) atoms. The van der Waals surface area contributed by atoms with Gasteiger partial charge in [-0.3, -0.25) is 10.1 Å². The molecule has 1 N–H and O–H groups in total. The minimum atomic E-state index is -3.72. The topological polar surface area (TPSA) is 111 Å². The Balaban J connectivity index is 1.75. The van der Waals surface area contributed by atoms with E-state index >= 15 is 0 Å². The summed E-state index contributed by atoms with van der Waals surface area (Å²) < 4.78 is 29.7. The predicted molar refractivity (Wildman–Crippen MR) is 105 cm³/mol. The SMILES string of the molecule is CS(=O)(=O)c1cccc(NCc2ccnc(OC3CCCCC3)c2)c1[N+](=O)[O-]. The lowest BCUT2D eigenvalue weighted by molar-refractivity contribution is -0.386. The Bertz CT molecular complexity index is 956. The molecule has 0 bridgehead atoms. The van der Waals surface area contributed by atoms with Crippen LogP contribution < -0.4 is 10.1 Å². The maximum atomic E-state index is 11.9. The fourth-order valence-electron chi connectivity index (χ4n) is 3.33. The Hall–Kier alpha value is -2.68. The second-order valence-electron chi connectivity index (χ2n) is 6.92. The largest absolute Gasteiger partial charge is 0.474 e. The summed E-state index contributed by atoms with van der Waals surface area (Å²) in [6, 6.07) is 7.80. The number of nitro groups is 1. The van der Waals surface area contributed by atoms with Crippen molar-refractivity contribution in [3.05, 3.63) is 52.2 Å². The summed E-state index contributed by atoms with van der Waals surface area (Å²) in [5, 5.41) is 14.4. The van der Waals surface area contributed by atoms with Crippen LogP contribution in [0.3, 0.4) is 0 Å². The van der Waals surface area contributed by atoms with Crippen molar-refractivity contribution in [3.63, 3.8) is 0 Å². The Kier molecular flexibility index (Phi) is 6.13. The molecule has 1 aromatic carbocycles. The van der Waals surface area contributed by atoms with Crippen molar-refractivity contribution >= 4 is 21.2 Å². The van der Waals surface area contributed by atoms with Crippen molar-refractivity contribution in [2.45, 2.75) is 49.6 Å². The standard InChI is InChI=1S/C19H23N3O5S/c1-28(25,26)17-9-5-8-16(19(17)22(23)24)21-13-14-10-11-20-18(12-14)27-15-6-3-2-4-7-15/h5,8-12,15,21H,2-4,6-7,13H2,1H3. The molecule has 0 unspecified atom stereocenters. The first-order chi connectivity index (χ1) is 13.3. The lowest BCUT2D eigenvalue weighted by Crippen LogP contribution is -2.20. The van der Waals surface area contributed by atoms with Gasteiger partial charge in [-0.15, -0.1) is 0 Å². The minimum absolute atomic E-state index is 0.152. The van der Waals surface area contributed by atoms with E-state index in [1.165, 1.54) is 24.6 Å². The molecule has 0 atom stereocenters. The van der Waals surface area contributed by atoms with Gasteiger partial charge in [0.15, 0.2) is 9.84 Å². The first-order valence-electron chi connectivity index (χ1n) is 9.17. The molecule has 0 amide bonds. The Labute approximate surface area is 164 Å². The van der Waals surface area contributed by atoms with Gasteiger partial charge in [-0.25, -0.2) is 13.4 Å². The number of nitro benzene ring substituents is 1. The van der Waals surface area contributed by atoms with Gasteiger partial charge in [0.1, 0.15) is 16.7 Å². The van der Waals surface area contributed by atoms with Gasteiger partial charge in [0, 0.05) is 25.1 Å². The molecule has 1 heterocycles. The molecule has 0 aliphatic heterocycles. The summed E-state index contributed by atoms with van der Waals surface area (Å²) in [4.78, 5) is 14.7. The molecular formula is C19H23N3O5S. The quantitative estimate of drug-likeness (QED) is 0.552. The van der Waals surface area contributed by atoms with E-state index in [9.17, 15) is 18.5 Å². The first kappa shape index (κ1) is 20.1. The molecule has 1 aliphatic rings. The number of pyridine rings is 1. The van der Waals surface area contributed by atoms with Crippen LogP contribution in [0.25, 0.3) is 0 Å². The van der Waals surface area contributed by atoms with E-state index in [4.69, 9.17) is 4.74 Å². The zero-order valence-corrected chi connectivity index (χ0v) is 16.4. The van der Waals surface area contributed by atoms with Gasteiger partial charge in [-0.1, -0.05) is 12.5 Å². The average molecular weight is 405 g/mol. The van der Waals surface area contributed by atoms with E-state index in [-0.39, 0.29) is 23.2 Å². The highest BCUT2D eigenvalue weighted by molar-refractivity contribution is 7.90. The molecule has 0 spiro atoms. The Morgan fingerprint density at radius 2 is 2.00 bits per heavy atom. The number of anilines is 1. The second kappa shape index (κ2) is 8.55. The minimum Gasteiger partial charge on any atom is -0.474 e. The van der Waals surface area contributed by atoms with Crippen molar-refractivity contribution in [1.82, 2.24) is 4.98 Å². The highest BCUT2D eigenvalue weighted by atomic mass is 32.2. The summed E-state index contributed by atoms with van der Waals surface area (Å²) in [6.45, 7) is 0.275. The smallest absolute Gasteiger partial charge is 0.310 e. The molecule has 8 nitrogen and oxygen atoms in total. The van der Waals surface area contributed by atoms with Gasteiger partial charge in [-0.05, 0) is 49.4 Å². The first-order valence-corrected chi connectivity index (χ1v) is 11.1. The van der Waals surface area contributed by atoms with Crippen molar-refractivity contribution in [1.29, 1.82) is 0 Å². The van der Waals surface area contributed by atoms with Gasteiger partial charge < -0.3 is 10.1 Å². The summed E-state index contributed by atoms with van der Waals surface area (Å²) >= 11 is 0. The third kappa shape index (κ3) is 4.98. The van der Waals surface area contributed by atoms with Crippen molar-refractivity contribution < 1.29 is 18.1 Å².